The fourth-order valence-electron chi connectivity index (χ4n) is 7.69. The summed E-state index contributed by atoms with van der Waals surface area (Å²) in [5, 5.41) is 14.7. The predicted octanol–water partition coefficient (Wildman–Crippen LogP) is 10.8. The molecule has 292 valence electrons. The first-order valence-corrected chi connectivity index (χ1v) is 20.1. The van der Waals surface area contributed by atoms with Crippen LogP contribution in [0.5, 0.6) is 5.75 Å². The molecule has 2 aromatic heterocycles. The molecule has 0 saturated carbocycles. The Labute approximate surface area is 345 Å². The number of benzene rings is 6. The van der Waals surface area contributed by atoms with Crippen molar-refractivity contribution in [2.75, 3.05) is 6.61 Å². The molecule has 0 amide bonds. The van der Waals surface area contributed by atoms with Gasteiger partial charge in [0.05, 0.1) is 17.9 Å². The third-order valence-electron chi connectivity index (χ3n) is 10.6. The summed E-state index contributed by atoms with van der Waals surface area (Å²) in [6.45, 7) is 6.69. The minimum Gasteiger partial charge on any atom is -0.488 e. The lowest BCUT2D eigenvalue weighted by atomic mass is 9.77. The van der Waals surface area contributed by atoms with Crippen LogP contribution >= 0.6 is 0 Å². The number of hydrogen-bond donors (Lipinski definition) is 0. The van der Waals surface area contributed by atoms with E-state index < -0.39 is 5.54 Å². The van der Waals surface area contributed by atoms with Crippen LogP contribution in [0.1, 0.15) is 64.8 Å². The second-order valence-electron chi connectivity index (χ2n) is 14.2. The summed E-state index contributed by atoms with van der Waals surface area (Å²) in [6.07, 6.45) is 1.52. The van der Waals surface area contributed by atoms with Crippen molar-refractivity contribution in [1.82, 2.24) is 25.2 Å². The summed E-state index contributed by atoms with van der Waals surface area (Å²) in [5.41, 5.74) is 10.4. The third-order valence-corrected chi connectivity index (χ3v) is 10.6. The van der Waals surface area contributed by atoms with Crippen LogP contribution in [0.3, 0.4) is 0 Å². The van der Waals surface area contributed by atoms with Crippen LogP contribution in [0, 0.1) is 0 Å². The van der Waals surface area contributed by atoms with Gasteiger partial charge in [0.25, 0.3) is 0 Å². The fraction of sp³-hybridized carbons (Fsp3) is 0.157. The number of esters is 1. The Morgan fingerprint density at radius 1 is 0.627 bits per heavy atom. The van der Waals surface area contributed by atoms with Crippen LogP contribution in [0.15, 0.2) is 170 Å². The smallest absolute Gasteiger partial charge is 0.338 e. The van der Waals surface area contributed by atoms with E-state index in [0.717, 1.165) is 80.1 Å². The Hall–Kier alpha value is -7.19. The van der Waals surface area contributed by atoms with E-state index in [1.54, 1.807) is 23.9 Å². The van der Waals surface area contributed by atoms with Crippen molar-refractivity contribution in [3.8, 4) is 39.4 Å². The molecule has 0 saturated heterocycles. The Balaban J connectivity index is 1.10. The van der Waals surface area contributed by atoms with Crippen molar-refractivity contribution in [2.24, 2.45) is 0 Å². The van der Waals surface area contributed by atoms with Crippen LogP contribution in [0.25, 0.3) is 33.6 Å². The van der Waals surface area contributed by atoms with Crippen molar-refractivity contribution < 1.29 is 14.3 Å². The van der Waals surface area contributed by atoms with E-state index in [1.807, 2.05) is 91.0 Å². The molecule has 8 heteroatoms. The molecule has 6 aromatic carbocycles. The molecule has 0 spiro atoms. The SMILES string of the molecule is CCOC(=O)c1ccc(-c2c(OCc3ccc(-c4ccccc4-c4nnn(C(c5ccccc5)(c5ccccc5)c5ccccc5)n4)cc3)cc(CC)nc2CC)cc1. The molecule has 0 atom stereocenters. The number of carbonyl (C=O) groups is 1. The fourth-order valence-corrected chi connectivity index (χ4v) is 7.69. The second kappa shape index (κ2) is 17.5. The van der Waals surface area contributed by atoms with Crippen LogP contribution in [-0.4, -0.2) is 37.8 Å². The number of rotatable bonds is 14. The zero-order valence-corrected chi connectivity index (χ0v) is 33.5. The normalized spacial score (nSPS) is 11.3. The average molecular weight is 776 g/mol. The second-order valence-corrected chi connectivity index (χ2v) is 14.2. The minimum absolute atomic E-state index is 0.328. The average Bonchev–Trinajstić information content (AvgIpc) is 3.80. The highest BCUT2D eigenvalue weighted by Crippen LogP contribution is 2.41. The highest BCUT2D eigenvalue weighted by Gasteiger charge is 2.41. The number of tetrazole rings is 1. The van der Waals surface area contributed by atoms with Crippen LogP contribution < -0.4 is 4.74 Å². The van der Waals surface area contributed by atoms with E-state index in [-0.39, 0.29) is 5.97 Å². The van der Waals surface area contributed by atoms with Gasteiger partial charge in [-0.25, -0.2) is 4.79 Å². The molecule has 0 bridgehead atoms. The van der Waals surface area contributed by atoms with E-state index >= 15 is 0 Å². The lowest BCUT2D eigenvalue weighted by Gasteiger charge is -2.34. The number of hydrogen-bond acceptors (Lipinski definition) is 7. The topological polar surface area (TPSA) is 92.0 Å². The van der Waals surface area contributed by atoms with E-state index in [4.69, 9.17) is 29.9 Å². The van der Waals surface area contributed by atoms with Crippen molar-refractivity contribution in [1.29, 1.82) is 0 Å². The Bertz CT molecular complexity index is 2550. The zero-order valence-electron chi connectivity index (χ0n) is 33.5. The van der Waals surface area contributed by atoms with Gasteiger partial charge in [-0.1, -0.05) is 166 Å². The number of aryl methyl sites for hydroxylation is 2. The van der Waals surface area contributed by atoms with Crippen molar-refractivity contribution in [3.63, 3.8) is 0 Å². The summed E-state index contributed by atoms with van der Waals surface area (Å²) in [7, 11) is 0. The monoisotopic (exact) mass is 775 g/mol. The maximum absolute atomic E-state index is 12.3. The van der Waals surface area contributed by atoms with Gasteiger partial charge in [-0.15, -0.1) is 15.0 Å². The van der Waals surface area contributed by atoms with Gasteiger partial charge in [-0.3, -0.25) is 4.98 Å². The van der Waals surface area contributed by atoms with Crippen LogP contribution in [0.2, 0.25) is 0 Å². The number of nitrogens with zero attached hydrogens (tertiary/aromatic N) is 5. The summed E-state index contributed by atoms with van der Waals surface area (Å²) < 4.78 is 11.8. The van der Waals surface area contributed by atoms with E-state index in [2.05, 4.69) is 80.6 Å². The predicted molar refractivity (Wildman–Crippen MR) is 232 cm³/mol. The van der Waals surface area contributed by atoms with E-state index in [1.165, 1.54) is 0 Å². The molecule has 0 aliphatic heterocycles. The molecule has 8 rings (SSSR count). The van der Waals surface area contributed by atoms with Gasteiger partial charge in [0.15, 0.2) is 5.54 Å². The molecule has 8 nitrogen and oxygen atoms in total. The van der Waals surface area contributed by atoms with E-state index in [0.29, 0.717) is 24.6 Å². The van der Waals surface area contributed by atoms with Gasteiger partial charge in [-0.05, 0) is 76.1 Å². The Kier molecular flexibility index (Phi) is 11.5. The number of aromatic nitrogens is 5. The molecule has 0 N–H and O–H groups in total. The summed E-state index contributed by atoms with van der Waals surface area (Å²) in [4.78, 5) is 19.0. The molecule has 0 aliphatic rings. The molecule has 8 aromatic rings. The summed E-state index contributed by atoms with van der Waals surface area (Å²) in [6, 6.07) is 57.1. The van der Waals surface area contributed by atoms with Gasteiger partial charge in [0.1, 0.15) is 12.4 Å². The van der Waals surface area contributed by atoms with Gasteiger partial charge >= 0.3 is 5.97 Å². The zero-order chi connectivity index (χ0) is 40.6. The maximum atomic E-state index is 12.3. The molecule has 0 aliphatic carbocycles. The van der Waals surface area contributed by atoms with Gasteiger partial charge in [0, 0.05) is 22.9 Å². The molecule has 2 heterocycles. The first kappa shape index (κ1) is 38.7. The summed E-state index contributed by atoms with van der Waals surface area (Å²) in [5.74, 6) is 0.952. The Morgan fingerprint density at radius 2 is 1.19 bits per heavy atom. The van der Waals surface area contributed by atoms with Crippen LogP contribution in [-0.2, 0) is 29.7 Å². The van der Waals surface area contributed by atoms with Crippen LogP contribution in [0.4, 0.5) is 0 Å². The lowest BCUT2D eigenvalue weighted by molar-refractivity contribution is 0.0526. The quantitative estimate of drug-likeness (QED) is 0.0802. The molecule has 0 unspecified atom stereocenters. The van der Waals surface area contributed by atoms with Crippen molar-refractivity contribution in [3.05, 3.63) is 209 Å². The standard InChI is InChI=1S/C51H45N5O3/c1-4-43-34-47(48(46(5-2)52-43)38-30-32-39(33-31-38)50(57)58-6-3)59-35-36-26-28-37(29-27-36)44-24-16-17-25-45(44)49-53-55-56(54-49)51(40-18-10-7-11-19-40,41-20-12-8-13-21-41)42-22-14-9-15-23-42/h7-34H,4-6,35H2,1-3H3. The lowest BCUT2D eigenvalue weighted by Crippen LogP contribution is -2.39. The third kappa shape index (κ3) is 7.77. The van der Waals surface area contributed by atoms with E-state index in [9.17, 15) is 4.79 Å². The molecule has 59 heavy (non-hydrogen) atoms. The molecule has 0 fully saturated rings. The maximum Gasteiger partial charge on any atom is 0.338 e. The van der Waals surface area contributed by atoms with Crippen molar-refractivity contribution >= 4 is 5.97 Å². The number of pyridine rings is 1. The highest BCUT2D eigenvalue weighted by molar-refractivity contribution is 5.90. The van der Waals surface area contributed by atoms with Crippen molar-refractivity contribution in [2.45, 2.75) is 45.8 Å². The van der Waals surface area contributed by atoms with Gasteiger partial charge < -0.3 is 9.47 Å². The molecular formula is C51H45N5O3. The minimum atomic E-state index is -0.873. The first-order valence-electron chi connectivity index (χ1n) is 20.1. The number of ether oxygens (including phenoxy) is 2. The molecule has 0 radical (unpaired) electrons. The van der Waals surface area contributed by atoms with Gasteiger partial charge in [-0.2, -0.15) is 0 Å². The number of carbonyl (C=O) groups excluding carboxylic acids is 1. The molecular weight excluding hydrogens is 731 g/mol. The highest BCUT2D eigenvalue weighted by atomic mass is 16.5. The largest absolute Gasteiger partial charge is 0.488 e. The summed E-state index contributed by atoms with van der Waals surface area (Å²) >= 11 is 0. The first-order chi connectivity index (χ1) is 29.0. The Morgan fingerprint density at radius 3 is 1.75 bits per heavy atom. The van der Waals surface area contributed by atoms with Gasteiger partial charge in [0.2, 0.25) is 5.82 Å².